The molecular formula is C25H30FN. The minimum atomic E-state index is -0.132. The van der Waals surface area contributed by atoms with Crippen LogP contribution in [-0.2, 0) is 5.41 Å². The van der Waals surface area contributed by atoms with Crippen LogP contribution < -0.4 is 0 Å². The Kier molecular flexibility index (Phi) is 4.90. The third kappa shape index (κ3) is 3.12. The van der Waals surface area contributed by atoms with E-state index in [-0.39, 0.29) is 12.7 Å². The van der Waals surface area contributed by atoms with Crippen LogP contribution in [0.25, 0.3) is 17.0 Å². The standard InChI is InChI=1S/C23H22FN.C2H6.H2/c24-18-7-8-21-17(14-18)4-3-11-23(21)12-9-16(10-13-23)20-15-25-22-6-2-1-5-19(20)22;1-2;/h1-8,14-16,25H,9-13H2;1-2H3;1H. The van der Waals surface area contributed by atoms with E-state index in [0.29, 0.717) is 5.92 Å². The third-order valence-corrected chi connectivity index (χ3v) is 6.39. The van der Waals surface area contributed by atoms with Crippen molar-refractivity contribution in [2.24, 2.45) is 0 Å². The lowest BCUT2D eigenvalue weighted by Crippen LogP contribution is -2.33. The normalized spacial score (nSPS) is 23.7. The molecule has 1 aromatic heterocycles. The highest BCUT2D eigenvalue weighted by molar-refractivity contribution is 5.83. The highest BCUT2D eigenvalue weighted by atomic mass is 19.1. The molecule has 27 heavy (non-hydrogen) atoms. The fourth-order valence-corrected chi connectivity index (χ4v) is 5.06. The number of rotatable bonds is 1. The van der Waals surface area contributed by atoms with Gasteiger partial charge in [-0.05, 0) is 78.3 Å². The van der Waals surface area contributed by atoms with Gasteiger partial charge >= 0.3 is 0 Å². The Morgan fingerprint density at radius 1 is 1.07 bits per heavy atom. The van der Waals surface area contributed by atoms with Crippen molar-refractivity contribution in [2.45, 2.75) is 57.3 Å². The summed E-state index contributed by atoms with van der Waals surface area (Å²) in [5, 5.41) is 1.37. The maximum atomic E-state index is 13.6. The van der Waals surface area contributed by atoms with Gasteiger partial charge in [0.25, 0.3) is 0 Å². The molecule has 0 bridgehead atoms. The van der Waals surface area contributed by atoms with E-state index in [4.69, 9.17) is 0 Å². The fourth-order valence-electron chi connectivity index (χ4n) is 5.06. The van der Waals surface area contributed by atoms with Gasteiger partial charge in [0, 0.05) is 18.5 Å². The zero-order chi connectivity index (χ0) is 18.9. The van der Waals surface area contributed by atoms with E-state index in [9.17, 15) is 4.39 Å². The summed E-state index contributed by atoms with van der Waals surface area (Å²) < 4.78 is 13.6. The highest BCUT2D eigenvalue weighted by Gasteiger charge is 2.39. The summed E-state index contributed by atoms with van der Waals surface area (Å²) in [6.07, 6.45) is 12.4. The molecule has 1 N–H and O–H groups in total. The molecule has 0 radical (unpaired) electrons. The molecule has 2 aliphatic carbocycles. The molecule has 1 spiro atoms. The number of hydrogen-bond acceptors (Lipinski definition) is 0. The van der Waals surface area contributed by atoms with Gasteiger partial charge in [0.1, 0.15) is 5.82 Å². The van der Waals surface area contributed by atoms with Crippen LogP contribution in [0.4, 0.5) is 4.39 Å². The van der Waals surface area contributed by atoms with Crippen molar-refractivity contribution in [3.05, 3.63) is 77.2 Å². The number of hydrogen-bond donors (Lipinski definition) is 1. The van der Waals surface area contributed by atoms with Crippen LogP contribution in [-0.4, -0.2) is 4.98 Å². The van der Waals surface area contributed by atoms with E-state index < -0.39 is 0 Å². The van der Waals surface area contributed by atoms with Crippen molar-refractivity contribution < 1.29 is 5.82 Å². The lowest BCUT2D eigenvalue weighted by Gasteiger charge is -2.42. The van der Waals surface area contributed by atoms with Gasteiger partial charge in [-0.15, -0.1) is 0 Å². The summed E-state index contributed by atoms with van der Waals surface area (Å²) in [5.74, 6) is 0.490. The number of halogens is 1. The topological polar surface area (TPSA) is 15.8 Å². The molecule has 2 aromatic carbocycles. The molecule has 1 heterocycles. The Hall–Kier alpha value is -2.35. The van der Waals surface area contributed by atoms with Gasteiger partial charge in [-0.2, -0.15) is 0 Å². The van der Waals surface area contributed by atoms with Crippen molar-refractivity contribution >= 4 is 17.0 Å². The average Bonchev–Trinajstić information content (AvgIpc) is 3.14. The largest absolute Gasteiger partial charge is 0.361 e. The first-order valence-electron chi connectivity index (χ1n) is 10.3. The van der Waals surface area contributed by atoms with Crippen LogP contribution in [0, 0.1) is 5.82 Å². The lowest BCUT2D eigenvalue weighted by atomic mass is 9.61. The van der Waals surface area contributed by atoms with Gasteiger partial charge in [-0.25, -0.2) is 4.39 Å². The number of aromatic nitrogens is 1. The first kappa shape index (κ1) is 18.0. The smallest absolute Gasteiger partial charge is 0.123 e. The number of para-hydroxylation sites is 1. The first-order chi connectivity index (χ1) is 13.3. The van der Waals surface area contributed by atoms with Gasteiger partial charge in [-0.1, -0.05) is 50.3 Å². The Labute approximate surface area is 162 Å². The summed E-state index contributed by atoms with van der Waals surface area (Å²) in [5.41, 5.74) is 5.35. The molecule has 142 valence electrons. The molecule has 0 unspecified atom stereocenters. The Balaban J connectivity index is 0.000000728. The van der Waals surface area contributed by atoms with E-state index in [1.807, 2.05) is 19.9 Å². The Bertz CT molecular complexity index is 964. The van der Waals surface area contributed by atoms with E-state index in [0.717, 1.165) is 12.0 Å². The van der Waals surface area contributed by atoms with Crippen LogP contribution in [0.1, 0.15) is 70.0 Å². The minimum absolute atomic E-state index is 0. The molecule has 5 rings (SSSR count). The molecule has 1 saturated carbocycles. The van der Waals surface area contributed by atoms with Gasteiger partial charge in [0.2, 0.25) is 0 Å². The van der Waals surface area contributed by atoms with Crippen molar-refractivity contribution in [1.29, 1.82) is 0 Å². The maximum absolute atomic E-state index is 13.6. The maximum Gasteiger partial charge on any atom is 0.123 e. The molecular weight excluding hydrogens is 333 g/mol. The molecule has 2 heteroatoms. The predicted octanol–water partition coefficient (Wildman–Crippen LogP) is 7.59. The summed E-state index contributed by atoms with van der Waals surface area (Å²) in [4.78, 5) is 3.43. The van der Waals surface area contributed by atoms with Gasteiger partial charge in [0.05, 0.1) is 0 Å². The van der Waals surface area contributed by atoms with E-state index in [1.165, 1.54) is 47.7 Å². The molecule has 2 aliphatic rings. The number of H-pyrrole nitrogens is 1. The quantitative estimate of drug-likeness (QED) is 0.458. The monoisotopic (exact) mass is 363 g/mol. The summed E-state index contributed by atoms with van der Waals surface area (Å²) in [7, 11) is 0. The highest BCUT2D eigenvalue weighted by Crippen LogP contribution is 2.50. The summed E-state index contributed by atoms with van der Waals surface area (Å²) >= 11 is 0. The van der Waals surface area contributed by atoms with E-state index in [1.54, 1.807) is 12.1 Å². The fraction of sp³-hybridized carbons (Fsp3) is 0.360. The number of nitrogens with one attached hydrogen (secondary N) is 1. The average molecular weight is 364 g/mol. The van der Waals surface area contributed by atoms with Crippen LogP contribution in [0.2, 0.25) is 0 Å². The molecule has 0 saturated heterocycles. The zero-order valence-corrected chi connectivity index (χ0v) is 16.3. The number of allylic oxidation sites excluding steroid dienone is 1. The lowest BCUT2D eigenvalue weighted by molar-refractivity contribution is 0.269. The van der Waals surface area contributed by atoms with Crippen LogP contribution in [0.15, 0.2) is 54.7 Å². The second-order valence-electron chi connectivity index (χ2n) is 7.68. The van der Waals surface area contributed by atoms with E-state index in [2.05, 4.69) is 47.6 Å². The molecule has 0 amide bonds. The van der Waals surface area contributed by atoms with Crippen molar-refractivity contribution in [3.63, 3.8) is 0 Å². The third-order valence-electron chi connectivity index (χ3n) is 6.39. The molecule has 1 fully saturated rings. The summed E-state index contributed by atoms with van der Waals surface area (Å²) in [6.45, 7) is 4.00. The van der Waals surface area contributed by atoms with Crippen molar-refractivity contribution in [2.75, 3.05) is 0 Å². The van der Waals surface area contributed by atoms with Crippen LogP contribution in [0.3, 0.4) is 0 Å². The van der Waals surface area contributed by atoms with E-state index >= 15 is 0 Å². The number of fused-ring (bicyclic) bond motifs is 3. The van der Waals surface area contributed by atoms with Crippen molar-refractivity contribution in [3.8, 4) is 0 Å². The molecule has 1 nitrogen and oxygen atoms in total. The summed E-state index contributed by atoms with van der Waals surface area (Å²) in [6, 6.07) is 13.9. The zero-order valence-electron chi connectivity index (χ0n) is 16.3. The van der Waals surface area contributed by atoms with Gasteiger partial charge in [0.15, 0.2) is 0 Å². The predicted molar refractivity (Wildman–Crippen MR) is 115 cm³/mol. The SMILES string of the molecule is CC.Fc1ccc2c(c1)C=CCC21CCC(c2c[nH]c3ccccc23)CC1.[HH]. The minimum Gasteiger partial charge on any atom is -0.361 e. The molecule has 3 aromatic rings. The molecule has 0 aliphatic heterocycles. The van der Waals surface area contributed by atoms with Crippen LogP contribution in [0.5, 0.6) is 0 Å². The van der Waals surface area contributed by atoms with Crippen molar-refractivity contribution in [1.82, 2.24) is 4.98 Å². The molecule has 0 atom stereocenters. The van der Waals surface area contributed by atoms with Gasteiger partial charge < -0.3 is 4.98 Å². The Morgan fingerprint density at radius 3 is 2.67 bits per heavy atom. The number of aromatic amines is 1. The van der Waals surface area contributed by atoms with Crippen LogP contribution >= 0.6 is 0 Å². The Morgan fingerprint density at radius 2 is 1.85 bits per heavy atom. The number of benzene rings is 2. The van der Waals surface area contributed by atoms with Gasteiger partial charge in [-0.3, -0.25) is 0 Å². The second kappa shape index (κ2) is 7.34. The first-order valence-corrected chi connectivity index (χ1v) is 10.3. The second-order valence-corrected chi connectivity index (χ2v) is 7.68.